The minimum Gasteiger partial charge on any atom is -0.271 e. The largest absolute Gasteiger partial charge is 0.271 e. The fourth-order valence-electron chi connectivity index (χ4n) is 2.47. The third-order valence-corrected chi connectivity index (χ3v) is 4.24. The molecular formula is C16H17BrF2N2. The van der Waals surface area contributed by atoms with Crippen LogP contribution in [-0.4, -0.2) is 0 Å². The van der Waals surface area contributed by atoms with E-state index in [-0.39, 0.29) is 11.6 Å². The van der Waals surface area contributed by atoms with Crippen LogP contribution in [-0.2, 0) is 5.41 Å². The highest BCUT2D eigenvalue weighted by atomic mass is 79.9. The van der Waals surface area contributed by atoms with Crippen LogP contribution in [0.25, 0.3) is 0 Å². The molecule has 1 unspecified atom stereocenters. The predicted octanol–water partition coefficient (Wildman–Crippen LogP) is 4.21. The maximum Gasteiger partial charge on any atom is 0.128 e. The van der Waals surface area contributed by atoms with Crippen molar-refractivity contribution in [2.24, 2.45) is 5.84 Å². The van der Waals surface area contributed by atoms with Gasteiger partial charge in [0.05, 0.1) is 6.04 Å². The summed E-state index contributed by atoms with van der Waals surface area (Å²) in [4.78, 5) is 0. The number of nitrogens with one attached hydrogen (secondary N) is 1. The molecule has 2 aromatic rings. The maximum absolute atomic E-state index is 14.1. The van der Waals surface area contributed by atoms with Gasteiger partial charge in [0, 0.05) is 15.5 Å². The third kappa shape index (κ3) is 3.31. The van der Waals surface area contributed by atoms with Gasteiger partial charge in [0.1, 0.15) is 11.6 Å². The van der Waals surface area contributed by atoms with E-state index in [4.69, 9.17) is 5.84 Å². The molecule has 0 radical (unpaired) electrons. The Hall–Kier alpha value is -1.30. The fraction of sp³-hybridized carbons (Fsp3) is 0.250. The Balaban J connectivity index is 2.48. The Morgan fingerprint density at radius 2 is 1.71 bits per heavy atom. The van der Waals surface area contributed by atoms with Crippen molar-refractivity contribution in [1.82, 2.24) is 5.43 Å². The lowest BCUT2D eigenvalue weighted by Gasteiger charge is -2.35. The van der Waals surface area contributed by atoms with Gasteiger partial charge in [-0.15, -0.1) is 0 Å². The molecule has 0 heterocycles. The van der Waals surface area contributed by atoms with Crippen LogP contribution in [0.15, 0.2) is 46.9 Å². The van der Waals surface area contributed by atoms with Crippen molar-refractivity contribution in [2.45, 2.75) is 25.3 Å². The molecule has 0 fully saturated rings. The summed E-state index contributed by atoms with van der Waals surface area (Å²) in [6.07, 6.45) is 0. The summed E-state index contributed by atoms with van der Waals surface area (Å²) in [6, 6.07) is 10.4. The topological polar surface area (TPSA) is 38.0 Å². The molecule has 2 aromatic carbocycles. The van der Waals surface area contributed by atoms with Crippen LogP contribution >= 0.6 is 15.9 Å². The first-order valence-electron chi connectivity index (χ1n) is 6.53. The van der Waals surface area contributed by atoms with E-state index < -0.39 is 11.5 Å². The monoisotopic (exact) mass is 354 g/mol. The van der Waals surface area contributed by atoms with Gasteiger partial charge in [-0.05, 0) is 35.9 Å². The number of hydrogen-bond acceptors (Lipinski definition) is 2. The van der Waals surface area contributed by atoms with Crippen LogP contribution in [0.4, 0.5) is 8.78 Å². The number of benzene rings is 2. The summed E-state index contributed by atoms with van der Waals surface area (Å²) in [6.45, 7) is 3.87. The standard InChI is InChI=1S/C16H17BrF2N2/c1-16(2,10-3-6-12(18)7-4-10)15(21-20)13-9-11(17)5-8-14(13)19/h3-9,15,21H,20H2,1-2H3. The first-order chi connectivity index (χ1) is 9.86. The van der Waals surface area contributed by atoms with Crippen molar-refractivity contribution in [1.29, 1.82) is 0 Å². The molecule has 0 aromatic heterocycles. The smallest absolute Gasteiger partial charge is 0.128 e. The lowest BCUT2D eigenvalue weighted by molar-refractivity contribution is 0.342. The Labute approximate surface area is 131 Å². The van der Waals surface area contributed by atoms with Gasteiger partial charge in [-0.3, -0.25) is 11.3 Å². The van der Waals surface area contributed by atoms with Crippen LogP contribution in [0, 0.1) is 11.6 Å². The Bertz CT molecular complexity index is 627. The van der Waals surface area contributed by atoms with E-state index in [1.807, 2.05) is 13.8 Å². The number of halogens is 3. The van der Waals surface area contributed by atoms with Crippen molar-refractivity contribution in [3.8, 4) is 0 Å². The lowest BCUT2D eigenvalue weighted by Crippen LogP contribution is -2.41. The molecule has 0 aliphatic carbocycles. The van der Waals surface area contributed by atoms with Crippen molar-refractivity contribution in [2.75, 3.05) is 0 Å². The second-order valence-corrected chi connectivity index (χ2v) is 6.41. The minimum atomic E-state index is -0.524. The molecule has 3 N–H and O–H groups in total. The molecule has 0 saturated carbocycles. The third-order valence-electron chi connectivity index (χ3n) is 3.75. The molecule has 5 heteroatoms. The van der Waals surface area contributed by atoms with E-state index >= 15 is 0 Å². The van der Waals surface area contributed by atoms with E-state index in [1.54, 1.807) is 24.3 Å². The molecule has 0 aliphatic rings. The van der Waals surface area contributed by atoms with Gasteiger partial charge in [-0.1, -0.05) is 41.9 Å². The normalized spacial score (nSPS) is 13.2. The Morgan fingerprint density at radius 1 is 1.10 bits per heavy atom. The van der Waals surface area contributed by atoms with Crippen molar-refractivity contribution < 1.29 is 8.78 Å². The summed E-state index contributed by atoms with van der Waals surface area (Å²) >= 11 is 3.34. The van der Waals surface area contributed by atoms with Crippen molar-refractivity contribution in [3.63, 3.8) is 0 Å². The molecule has 112 valence electrons. The lowest BCUT2D eigenvalue weighted by atomic mass is 9.75. The number of hydrazine groups is 1. The van der Waals surface area contributed by atoms with Crippen LogP contribution in [0.2, 0.25) is 0 Å². The molecule has 0 spiro atoms. The van der Waals surface area contributed by atoms with E-state index in [0.29, 0.717) is 5.56 Å². The minimum absolute atomic E-state index is 0.305. The molecule has 1 atom stereocenters. The average molecular weight is 355 g/mol. The summed E-state index contributed by atoms with van der Waals surface area (Å²) in [5.41, 5.74) is 3.49. The van der Waals surface area contributed by atoms with E-state index in [2.05, 4.69) is 21.4 Å². The summed E-state index contributed by atoms with van der Waals surface area (Å²) in [7, 11) is 0. The fourth-order valence-corrected chi connectivity index (χ4v) is 2.85. The summed E-state index contributed by atoms with van der Waals surface area (Å²) in [5, 5.41) is 0. The number of nitrogens with two attached hydrogens (primary N) is 1. The van der Waals surface area contributed by atoms with Gasteiger partial charge >= 0.3 is 0 Å². The van der Waals surface area contributed by atoms with Gasteiger partial charge in [0.25, 0.3) is 0 Å². The molecule has 0 aliphatic heterocycles. The number of rotatable bonds is 4. The maximum atomic E-state index is 14.1. The van der Waals surface area contributed by atoms with E-state index in [1.165, 1.54) is 18.2 Å². The van der Waals surface area contributed by atoms with Gasteiger partial charge < -0.3 is 0 Å². The molecule has 2 rings (SSSR count). The second kappa shape index (κ2) is 6.22. The number of hydrogen-bond donors (Lipinski definition) is 2. The summed E-state index contributed by atoms with van der Waals surface area (Å²) < 4.78 is 28.0. The van der Waals surface area contributed by atoms with E-state index in [0.717, 1.165) is 10.0 Å². The van der Waals surface area contributed by atoms with E-state index in [9.17, 15) is 8.78 Å². The molecule has 0 saturated heterocycles. The predicted molar refractivity (Wildman–Crippen MR) is 83.6 cm³/mol. The van der Waals surface area contributed by atoms with Gasteiger partial charge in [-0.2, -0.15) is 0 Å². The quantitative estimate of drug-likeness (QED) is 0.637. The first-order valence-corrected chi connectivity index (χ1v) is 7.32. The molecule has 21 heavy (non-hydrogen) atoms. The molecule has 0 bridgehead atoms. The molecule has 2 nitrogen and oxygen atoms in total. The second-order valence-electron chi connectivity index (χ2n) is 5.49. The van der Waals surface area contributed by atoms with Crippen LogP contribution in [0.1, 0.15) is 31.0 Å². The Kier molecular flexibility index (Phi) is 4.76. The van der Waals surface area contributed by atoms with Gasteiger partial charge in [-0.25, -0.2) is 8.78 Å². The highest BCUT2D eigenvalue weighted by molar-refractivity contribution is 9.10. The SMILES string of the molecule is CC(C)(c1ccc(F)cc1)C(NN)c1cc(Br)ccc1F. The zero-order valence-corrected chi connectivity index (χ0v) is 13.4. The summed E-state index contributed by atoms with van der Waals surface area (Å²) in [5.74, 6) is 5.03. The van der Waals surface area contributed by atoms with Crippen LogP contribution in [0.5, 0.6) is 0 Å². The molecular weight excluding hydrogens is 338 g/mol. The van der Waals surface area contributed by atoms with Crippen molar-refractivity contribution in [3.05, 3.63) is 69.7 Å². The van der Waals surface area contributed by atoms with Crippen LogP contribution in [0.3, 0.4) is 0 Å². The zero-order chi connectivity index (χ0) is 15.6. The van der Waals surface area contributed by atoms with Gasteiger partial charge in [0.2, 0.25) is 0 Å². The average Bonchev–Trinajstić information content (AvgIpc) is 2.43. The van der Waals surface area contributed by atoms with Gasteiger partial charge in [0.15, 0.2) is 0 Å². The first kappa shape index (κ1) is 16.1. The Morgan fingerprint density at radius 3 is 2.29 bits per heavy atom. The van der Waals surface area contributed by atoms with Crippen LogP contribution < -0.4 is 11.3 Å². The zero-order valence-electron chi connectivity index (χ0n) is 11.8. The highest BCUT2D eigenvalue weighted by Crippen LogP contribution is 2.38. The highest BCUT2D eigenvalue weighted by Gasteiger charge is 2.33. The molecule has 0 amide bonds. The van der Waals surface area contributed by atoms with Crippen molar-refractivity contribution >= 4 is 15.9 Å².